The van der Waals surface area contributed by atoms with E-state index < -0.39 is 24.6 Å². The average molecular weight is 315 g/mol. The molecule has 1 heterocycles. The quantitative estimate of drug-likeness (QED) is 0.784. The molecule has 0 aliphatic rings. The molecular weight excluding hydrogens is 301 g/mol. The Balaban J connectivity index is 2.87. The molecule has 0 fully saturated rings. The number of aromatic nitrogens is 2. The van der Waals surface area contributed by atoms with Crippen molar-refractivity contribution in [3.63, 3.8) is 0 Å². The summed E-state index contributed by atoms with van der Waals surface area (Å²) in [5, 5.41) is 2.78. The smallest absolute Gasteiger partial charge is 0.456 e. The molecule has 120 valence electrons. The zero-order chi connectivity index (χ0) is 16.1. The molecule has 0 aliphatic carbocycles. The van der Waals surface area contributed by atoms with Crippen molar-refractivity contribution in [2.75, 3.05) is 25.6 Å². The van der Waals surface area contributed by atoms with Crippen molar-refractivity contribution in [1.29, 1.82) is 0 Å². The molecule has 0 saturated heterocycles. The van der Waals surface area contributed by atoms with E-state index >= 15 is 0 Å². The van der Waals surface area contributed by atoms with Crippen molar-refractivity contribution in [2.45, 2.75) is 25.6 Å². The van der Waals surface area contributed by atoms with Crippen molar-refractivity contribution in [3.8, 4) is 5.88 Å². The van der Waals surface area contributed by atoms with Crippen LogP contribution >= 0.6 is 0 Å². The highest BCUT2D eigenvalue weighted by atomic mass is 19.4. The van der Waals surface area contributed by atoms with Gasteiger partial charge in [-0.15, -0.1) is 0 Å². The van der Waals surface area contributed by atoms with E-state index in [0.717, 1.165) is 6.07 Å². The van der Waals surface area contributed by atoms with Gasteiger partial charge >= 0.3 is 12.1 Å². The minimum atomic E-state index is -5.68. The van der Waals surface area contributed by atoms with Gasteiger partial charge in [0, 0.05) is 19.7 Å². The number of nitrogens with one attached hydrogen (secondary N) is 1. The van der Waals surface area contributed by atoms with Crippen LogP contribution in [0.1, 0.15) is 12.7 Å². The van der Waals surface area contributed by atoms with Gasteiger partial charge in [0.15, 0.2) is 12.4 Å². The Hall–Kier alpha value is -1.71. The molecule has 0 unspecified atom stereocenters. The SMILES string of the molecule is CCNc1cc(OCC(F)(F)C(F)(F)F)nc(COC)n1. The number of anilines is 1. The summed E-state index contributed by atoms with van der Waals surface area (Å²) in [5.74, 6) is -5.01. The van der Waals surface area contributed by atoms with Crippen LogP contribution in [0.15, 0.2) is 6.07 Å². The van der Waals surface area contributed by atoms with Gasteiger partial charge in [-0.25, -0.2) is 4.98 Å². The van der Waals surface area contributed by atoms with Gasteiger partial charge in [0.25, 0.3) is 0 Å². The van der Waals surface area contributed by atoms with Gasteiger partial charge < -0.3 is 14.8 Å². The van der Waals surface area contributed by atoms with E-state index in [1.54, 1.807) is 6.92 Å². The molecule has 1 N–H and O–H groups in total. The second kappa shape index (κ2) is 6.83. The molecule has 10 heteroatoms. The summed E-state index contributed by atoms with van der Waals surface area (Å²) in [7, 11) is 1.36. The summed E-state index contributed by atoms with van der Waals surface area (Å²) in [5.41, 5.74) is 0. The number of alkyl halides is 5. The number of methoxy groups -OCH3 is 1. The molecule has 21 heavy (non-hydrogen) atoms. The second-order valence-electron chi connectivity index (χ2n) is 3.96. The molecule has 0 aliphatic heterocycles. The first-order chi connectivity index (χ1) is 9.69. The van der Waals surface area contributed by atoms with Crippen LogP contribution in [0.5, 0.6) is 5.88 Å². The number of ether oxygens (including phenoxy) is 2. The fourth-order valence-corrected chi connectivity index (χ4v) is 1.26. The van der Waals surface area contributed by atoms with Crippen molar-refractivity contribution in [2.24, 2.45) is 0 Å². The second-order valence-corrected chi connectivity index (χ2v) is 3.96. The lowest BCUT2D eigenvalue weighted by Gasteiger charge is -2.19. The third-order valence-electron chi connectivity index (χ3n) is 2.20. The minimum absolute atomic E-state index is 0.0365. The summed E-state index contributed by atoms with van der Waals surface area (Å²) in [6.45, 7) is 0.342. The number of halogens is 5. The van der Waals surface area contributed by atoms with Gasteiger partial charge in [0.1, 0.15) is 12.4 Å². The molecule has 0 atom stereocenters. The van der Waals surface area contributed by atoms with Gasteiger partial charge in [-0.3, -0.25) is 0 Å². The van der Waals surface area contributed by atoms with Gasteiger partial charge in [-0.2, -0.15) is 26.9 Å². The maximum atomic E-state index is 12.8. The molecule has 0 aromatic carbocycles. The zero-order valence-corrected chi connectivity index (χ0v) is 11.3. The van der Waals surface area contributed by atoms with Crippen molar-refractivity contribution < 1.29 is 31.4 Å². The third kappa shape index (κ3) is 4.96. The highest BCUT2D eigenvalue weighted by molar-refractivity contribution is 5.38. The lowest BCUT2D eigenvalue weighted by Crippen LogP contribution is -2.41. The lowest BCUT2D eigenvalue weighted by atomic mass is 10.3. The largest absolute Gasteiger partial charge is 0.471 e. The maximum absolute atomic E-state index is 12.8. The highest BCUT2D eigenvalue weighted by Gasteiger charge is 2.58. The van der Waals surface area contributed by atoms with Gasteiger partial charge in [0.05, 0.1) is 0 Å². The Bertz CT molecular complexity index is 443. The monoisotopic (exact) mass is 315 g/mol. The average Bonchev–Trinajstić information content (AvgIpc) is 2.36. The maximum Gasteiger partial charge on any atom is 0.456 e. The van der Waals surface area contributed by atoms with Crippen LogP contribution in [0.25, 0.3) is 0 Å². The molecule has 0 bridgehead atoms. The summed E-state index contributed by atoms with van der Waals surface area (Å²) in [6.07, 6.45) is -5.68. The molecule has 1 aromatic rings. The van der Waals surface area contributed by atoms with E-state index in [-0.39, 0.29) is 18.2 Å². The molecule has 5 nitrogen and oxygen atoms in total. The van der Waals surface area contributed by atoms with E-state index in [9.17, 15) is 22.0 Å². The molecule has 1 rings (SSSR count). The van der Waals surface area contributed by atoms with Crippen LogP contribution in [0.4, 0.5) is 27.8 Å². The van der Waals surface area contributed by atoms with Gasteiger partial charge in [0.2, 0.25) is 5.88 Å². The first-order valence-corrected chi connectivity index (χ1v) is 5.87. The molecule has 0 saturated carbocycles. The topological polar surface area (TPSA) is 56.3 Å². The summed E-state index contributed by atoms with van der Waals surface area (Å²) in [6, 6.07) is 1.13. The summed E-state index contributed by atoms with van der Waals surface area (Å²) >= 11 is 0. The summed E-state index contributed by atoms with van der Waals surface area (Å²) < 4.78 is 70.9. The third-order valence-corrected chi connectivity index (χ3v) is 2.20. The Morgan fingerprint density at radius 1 is 1.19 bits per heavy atom. The lowest BCUT2D eigenvalue weighted by molar-refractivity contribution is -0.290. The van der Waals surface area contributed by atoms with Crippen LogP contribution in [0.2, 0.25) is 0 Å². The Kier molecular flexibility index (Phi) is 5.64. The Morgan fingerprint density at radius 3 is 2.38 bits per heavy atom. The number of hydrogen-bond acceptors (Lipinski definition) is 5. The fraction of sp³-hybridized carbons (Fsp3) is 0.636. The fourth-order valence-electron chi connectivity index (χ4n) is 1.26. The Morgan fingerprint density at radius 2 is 1.86 bits per heavy atom. The molecular formula is C11H14F5N3O2. The van der Waals surface area contributed by atoms with Crippen LogP contribution < -0.4 is 10.1 Å². The van der Waals surface area contributed by atoms with E-state index in [1.807, 2.05) is 0 Å². The predicted octanol–water partition coefficient (Wildman–Crippen LogP) is 2.63. The van der Waals surface area contributed by atoms with E-state index in [2.05, 4.69) is 20.0 Å². The van der Waals surface area contributed by atoms with Crippen molar-refractivity contribution in [1.82, 2.24) is 9.97 Å². The van der Waals surface area contributed by atoms with Gasteiger partial charge in [-0.1, -0.05) is 0 Å². The zero-order valence-electron chi connectivity index (χ0n) is 11.3. The molecule has 0 amide bonds. The van der Waals surface area contributed by atoms with Crippen molar-refractivity contribution >= 4 is 5.82 Å². The minimum Gasteiger partial charge on any atom is -0.471 e. The molecule has 0 spiro atoms. The normalized spacial score (nSPS) is 12.3. The van der Waals surface area contributed by atoms with Crippen LogP contribution in [0, 0.1) is 0 Å². The molecule has 1 aromatic heterocycles. The summed E-state index contributed by atoms with van der Waals surface area (Å²) in [4.78, 5) is 7.66. The first-order valence-electron chi connectivity index (χ1n) is 5.87. The van der Waals surface area contributed by atoms with Crippen LogP contribution in [-0.4, -0.2) is 42.3 Å². The molecule has 0 radical (unpaired) electrons. The van der Waals surface area contributed by atoms with Gasteiger partial charge in [-0.05, 0) is 6.92 Å². The number of rotatable bonds is 7. The van der Waals surface area contributed by atoms with E-state index in [4.69, 9.17) is 4.74 Å². The first kappa shape index (κ1) is 17.3. The van der Waals surface area contributed by atoms with Crippen LogP contribution in [-0.2, 0) is 11.3 Å². The Labute approximate surface area is 117 Å². The van der Waals surface area contributed by atoms with E-state index in [0.29, 0.717) is 6.54 Å². The number of nitrogens with zero attached hydrogens (tertiary/aromatic N) is 2. The van der Waals surface area contributed by atoms with Crippen molar-refractivity contribution in [3.05, 3.63) is 11.9 Å². The van der Waals surface area contributed by atoms with E-state index in [1.165, 1.54) is 7.11 Å². The standard InChI is InChI=1S/C11H14F5N3O2/c1-3-17-7-4-9(19-8(18-7)5-20-2)21-6-10(12,13)11(14,15)16/h4H,3,5-6H2,1-2H3,(H,17,18,19). The predicted molar refractivity (Wildman–Crippen MR) is 63.4 cm³/mol. The van der Waals surface area contributed by atoms with Crippen LogP contribution in [0.3, 0.4) is 0 Å². The highest BCUT2D eigenvalue weighted by Crippen LogP contribution is 2.35. The number of hydrogen-bond donors (Lipinski definition) is 1.